The van der Waals surface area contributed by atoms with Crippen LogP contribution in [0.15, 0.2) is 0 Å². The Morgan fingerprint density at radius 2 is 2.00 bits per heavy atom. The molecular weight excluding hydrogens is 190 g/mol. The monoisotopic (exact) mass is 211 g/mol. The SMILES string of the molecule is C[C@H]1C[C@H]2CC[C@@H]1N2C(=O)OC(C)(C)C. The zero-order valence-corrected chi connectivity index (χ0v) is 10.1. The van der Waals surface area contributed by atoms with Crippen LogP contribution in [-0.2, 0) is 4.74 Å². The minimum absolute atomic E-state index is 0.112. The summed E-state index contributed by atoms with van der Waals surface area (Å²) in [6.07, 6.45) is 3.36. The lowest BCUT2D eigenvalue weighted by atomic mass is 9.91. The van der Waals surface area contributed by atoms with E-state index in [-0.39, 0.29) is 11.7 Å². The van der Waals surface area contributed by atoms with Crippen molar-refractivity contribution in [3.05, 3.63) is 0 Å². The maximum absolute atomic E-state index is 12.0. The van der Waals surface area contributed by atoms with Crippen molar-refractivity contribution in [3.63, 3.8) is 0 Å². The van der Waals surface area contributed by atoms with Gasteiger partial charge in [-0.15, -0.1) is 0 Å². The molecule has 2 heterocycles. The lowest BCUT2D eigenvalue weighted by molar-refractivity contribution is 0.0207. The van der Waals surface area contributed by atoms with Crippen LogP contribution in [0.1, 0.15) is 47.0 Å². The number of rotatable bonds is 0. The second-order valence-electron chi connectivity index (χ2n) is 5.90. The van der Waals surface area contributed by atoms with E-state index >= 15 is 0 Å². The Bertz CT molecular complexity index is 269. The molecule has 15 heavy (non-hydrogen) atoms. The Morgan fingerprint density at radius 3 is 2.40 bits per heavy atom. The highest BCUT2D eigenvalue weighted by atomic mass is 16.6. The zero-order chi connectivity index (χ0) is 11.2. The summed E-state index contributed by atoms with van der Waals surface area (Å²) in [5.74, 6) is 0.649. The molecule has 86 valence electrons. The lowest BCUT2D eigenvalue weighted by Gasteiger charge is -2.27. The van der Waals surface area contributed by atoms with Gasteiger partial charge in [-0.2, -0.15) is 0 Å². The molecular formula is C12H21NO2. The summed E-state index contributed by atoms with van der Waals surface area (Å²) < 4.78 is 5.44. The smallest absolute Gasteiger partial charge is 0.410 e. The molecule has 2 saturated heterocycles. The molecule has 0 saturated carbocycles. The van der Waals surface area contributed by atoms with Gasteiger partial charge in [0.15, 0.2) is 0 Å². The topological polar surface area (TPSA) is 29.5 Å². The molecule has 2 aliphatic rings. The molecule has 0 unspecified atom stereocenters. The van der Waals surface area contributed by atoms with Gasteiger partial charge in [-0.3, -0.25) is 0 Å². The number of hydrogen-bond donors (Lipinski definition) is 0. The first-order valence-corrected chi connectivity index (χ1v) is 5.90. The summed E-state index contributed by atoms with van der Waals surface area (Å²) in [4.78, 5) is 14.0. The Labute approximate surface area is 91.8 Å². The summed E-state index contributed by atoms with van der Waals surface area (Å²) in [5.41, 5.74) is -0.373. The third-order valence-corrected chi connectivity index (χ3v) is 3.45. The molecule has 0 aromatic heterocycles. The van der Waals surface area contributed by atoms with Crippen LogP contribution in [0.3, 0.4) is 0 Å². The molecule has 1 amide bonds. The minimum atomic E-state index is -0.373. The first-order chi connectivity index (χ1) is 6.88. The van der Waals surface area contributed by atoms with Crippen molar-refractivity contribution in [2.45, 2.75) is 64.6 Å². The number of nitrogens with zero attached hydrogens (tertiary/aromatic N) is 1. The van der Waals surface area contributed by atoms with Crippen LogP contribution in [0.5, 0.6) is 0 Å². The molecule has 3 nitrogen and oxygen atoms in total. The van der Waals surface area contributed by atoms with Crippen LogP contribution in [0, 0.1) is 5.92 Å². The molecule has 2 aliphatic heterocycles. The molecule has 0 aromatic carbocycles. The molecule has 0 aromatic rings. The maximum Gasteiger partial charge on any atom is 0.410 e. The van der Waals surface area contributed by atoms with Gasteiger partial charge in [-0.05, 0) is 46.0 Å². The highest BCUT2D eigenvalue weighted by molar-refractivity contribution is 5.70. The largest absolute Gasteiger partial charge is 0.444 e. The van der Waals surface area contributed by atoms with E-state index in [1.165, 1.54) is 0 Å². The number of carbonyl (C=O) groups is 1. The van der Waals surface area contributed by atoms with E-state index in [0.717, 1.165) is 19.3 Å². The molecule has 0 aliphatic carbocycles. The van der Waals surface area contributed by atoms with Gasteiger partial charge in [0, 0.05) is 12.1 Å². The molecule has 0 N–H and O–H groups in total. The van der Waals surface area contributed by atoms with Crippen LogP contribution in [0.25, 0.3) is 0 Å². The second kappa shape index (κ2) is 3.39. The fourth-order valence-corrected chi connectivity index (χ4v) is 2.89. The van der Waals surface area contributed by atoms with E-state index in [2.05, 4.69) is 6.92 Å². The average molecular weight is 211 g/mol. The third-order valence-electron chi connectivity index (χ3n) is 3.45. The number of fused-ring (bicyclic) bond motifs is 2. The third kappa shape index (κ3) is 1.97. The van der Waals surface area contributed by atoms with E-state index in [1.54, 1.807) is 0 Å². The van der Waals surface area contributed by atoms with Crippen molar-refractivity contribution in [2.75, 3.05) is 0 Å². The predicted octanol–water partition coefficient (Wildman–Crippen LogP) is 2.79. The summed E-state index contributed by atoms with van der Waals surface area (Å²) in [7, 11) is 0. The zero-order valence-electron chi connectivity index (χ0n) is 10.1. The molecule has 2 rings (SSSR count). The number of ether oxygens (including phenoxy) is 1. The Morgan fingerprint density at radius 1 is 1.33 bits per heavy atom. The summed E-state index contributed by atoms with van der Waals surface area (Å²) in [5, 5.41) is 0. The predicted molar refractivity (Wildman–Crippen MR) is 58.7 cm³/mol. The molecule has 0 spiro atoms. The number of carbonyl (C=O) groups excluding carboxylic acids is 1. The fraction of sp³-hybridized carbons (Fsp3) is 0.917. The minimum Gasteiger partial charge on any atom is -0.444 e. The van der Waals surface area contributed by atoms with Gasteiger partial charge in [0.05, 0.1) is 0 Å². The van der Waals surface area contributed by atoms with Crippen molar-refractivity contribution in [1.29, 1.82) is 0 Å². The Hall–Kier alpha value is -0.730. The van der Waals surface area contributed by atoms with Crippen molar-refractivity contribution in [2.24, 2.45) is 5.92 Å². The van der Waals surface area contributed by atoms with Crippen LogP contribution >= 0.6 is 0 Å². The van der Waals surface area contributed by atoms with Crippen LogP contribution in [0.4, 0.5) is 4.79 Å². The maximum atomic E-state index is 12.0. The highest BCUT2D eigenvalue weighted by Gasteiger charge is 2.47. The second-order valence-corrected chi connectivity index (χ2v) is 5.90. The molecule has 3 heteroatoms. The van der Waals surface area contributed by atoms with Gasteiger partial charge in [-0.25, -0.2) is 4.79 Å². The lowest BCUT2D eigenvalue weighted by Crippen LogP contribution is -2.40. The van der Waals surface area contributed by atoms with Crippen LogP contribution in [-0.4, -0.2) is 28.7 Å². The summed E-state index contributed by atoms with van der Waals surface area (Å²) in [6.45, 7) is 8.01. The van der Waals surface area contributed by atoms with Gasteiger partial charge in [0.1, 0.15) is 5.60 Å². The van der Waals surface area contributed by atoms with E-state index in [9.17, 15) is 4.79 Å². The van der Waals surface area contributed by atoms with Crippen molar-refractivity contribution >= 4 is 6.09 Å². The van der Waals surface area contributed by atoms with Crippen LogP contribution in [0.2, 0.25) is 0 Å². The van der Waals surface area contributed by atoms with Gasteiger partial charge in [-0.1, -0.05) is 6.92 Å². The van der Waals surface area contributed by atoms with Crippen molar-refractivity contribution < 1.29 is 9.53 Å². The van der Waals surface area contributed by atoms with Gasteiger partial charge in [0.2, 0.25) is 0 Å². The first kappa shape index (κ1) is 10.8. The summed E-state index contributed by atoms with van der Waals surface area (Å²) >= 11 is 0. The first-order valence-electron chi connectivity index (χ1n) is 5.90. The normalized spacial score (nSPS) is 34.7. The Balaban J connectivity index is 2.03. The fourth-order valence-electron chi connectivity index (χ4n) is 2.89. The summed E-state index contributed by atoms with van der Waals surface area (Å²) in [6, 6.07) is 0.879. The van der Waals surface area contributed by atoms with Crippen LogP contribution < -0.4 is 0 Å². The van der Waals surface area contributed by atoms with E-state index < -0.39 is 0 Å². The van der Waals surface area contributed by atoms with Gasteiger partial charge in [0.25, 0.3) is 0 Å². The van der Waals surface area contributed by atoms with Gasteiger partial charge < -0.3 is 9.64 Å². The van der Waals surface area contributed by atoms with E-state index in [0.29, 0.717) is 18.0 Å². The standard InChI is InChI=1S/C12H21NO2/c1-8-7-9-5-6-10(8)13(9)11(14)15-12(2,3)4/h8-10H,5-7H2,1-4H3/t8-,9+,10-/m0/s1. The number of hydrogen-bond acceptors (Lipinski definition) is 2. The van der Waals surface area contributed by atoms with E-state index in [4.69, 9.17) is 4.74 Å². The number of amides is 1. The van der Waals surface area contributed by atoms with E-state index in [1.807, 2.05) is 25.7 Å². The van der Waals surface area contributed by atoms with Crippen molar-refractivity contribution in [3.8, 4) is 0 Å². The average Bonchev–Trinajstić information content (AvgIpc) is 2.55. The van der Waals surface area contributed by atoms with Crippen molar-refractivity contribution in [1.82, 2.24) is 4.90 Å². The van der Waals surface area contributed by atoms with Gasteiger partial charge >= 0.3 is 6.09 Å². The highest BCUT2D eigenvalue weighted by Crippen LogP contribution is 2.41. The molecule has 0 radical (unpaired) electrons. The molecule has 2 fully saturated rings. The quantitative estimate of drug-likeness (QED) is 0.616. The molecule has 2 bridgehead atoms. The Kier molecular flexibility index (Phi) is 2.44. The molecule has 3 atom stereocenters.